The molecule has 0 saturated heterocycles. The van der Waals surface area contributed by atoms with Crippen molar-refractivity contribution in [3.8, 4) is 6.07 Å². The summed E-state index contributed by atoms with van der Waals surface area (Å²) in [6.45, 7) is 4.08. The summed E-state index contributed by atoms with van der Waals surface area (Å²) < 4.78 is 0. The summed E-state index contributed by atoms with van der Waals surface area (Å²) in [5.41, 5.74) is 4.25. The van der Waals surface area contributed by atoms with E-state index in [1.807, 2.05) is 38.1 Å². The van der Waals surface area contributed by atoms with Gasteiger partial charge in [0.2, 0.25) is 0 Å². The van der Waals surface area contributed by atoms with Gasteiger partial charge in [-0.25, -0.2) is 4.98 Å². The Morgan fingerprint density at radius 2 is 1.37 bits per heavy atom. The van der Waals surface area contributed by atoms with Gasteiger partial charge in [0.1, 0.15) is 11.4 Å². The van der Waals surface area contributed by atoms with Crippen molar-refractivity contribution in [3.63, 3.8) is 0 Å². The number of rotatable bonds is 6. The lowest BCUT2D eigenvalue weighted by Crippen LogP contribution is -2.19. The van der Waals surface area contributed by atoms with Crippen LogP contribution in [0.5, 0.6) is 0 Å². The maximum Gasteiger partial charge on any atom is 0.274 e. The third kappa shape index (κ3) is 4.70. The van der Waals surface area contributed by atoms with Crippen molar-refractivity contribution in [2.24, 2.45) is 0 Å². The van der Waals surface area contributed by atoms with Gasteiger partial charge in [-0.05, 0) is 60.4 Å². The van der Waals surface area contributed by atoms with Crippen molar-refractivity contribution < 1.29 is 9.59 Å². The van der Waals surface area contributed by atoms with Gasteiger partial charge >= 0.3 is 0 Å². The number of carbonyl (C=O) groups is 2. The maximum absolute atomic E-state index is 12.8. The normalized spacial score (nSPS) is 10.2. The average molecular weight is 398 g/mol. The number of nitrogens with zero attached hydrogens (tertiary/aromatic N) is 2. The Morgan fingerprint density at radius 1 is 0.833 bits per heavy atom. The standard InChI is InChI=1S/C24H22N4O2/c1-3-17-7-5-8-18(4-2)22(17)28-24(30)21-10-6-9-20(27-21)23(29)26-19-13-11-16(15-25)12-14-19/h5-14H,3-4H2,1-2H3,(H,26,29)(H,28,30). The first kappa shape index (κ1) is 20.7. The second-order valence-corrected chi connectivity index (χ2v) is 6.66. The van der Waals surface area contributed by atoms with Crippen molar-refractivity contribution in [2.45, 2.75) is 26.7 Å². The molecule has 30 heavy (non-hydrogen) atoms. The molecule has 0 unspecified atom stereocenters. The lowest BCUT2D eigenvalue weighted by molar-refractivity contribution is 0.101. The summed E-state index contributed by atoms with van der Waals surface area (Å²) >= 11 is 0. The second-order valence-electron chi connectivity index (χ2n) is 6.66. The number of pyridine rings is 1. The third-order valence-corrected chi connectivity index (χ3v) is 4.72. The van der Waals surface area contributed by atoms with Gasteiger partial charge in [-0.3, -0.25) is 9.59 Å². The van der Waals surface area contributed by atoms with E-state index < -0.39 is 5.91 Å². The molecular formula is C24H22N4O2. The van der Waals surface area contributed by atoms with Crippen LogP contribution in [0, 0.1) is 11.3 Å². The predicted octanol–water partition coefficient (Wildman–Crippen LogP) is 4.58. The highest BCUT2D eigenvalue weighted by molar-refractivity contribution is 6.06. The van der Waals surface area contributed by atoms with E-state index in [0.717, 1.165) is 29.7 Å². The molecule has 2 N–H and O–H groups in total. The Hall–Kier alpha value is -3.98. The summed E-state index contributed by atoms with van der Waals surface area (Å²) in [6.07, 6.45) is 1.59. The average Bonchev–Trinajstić information content (AvgIpc) is 2.79. The number of amides is 2. The Labute approximate surface area is 175 Å². The van der Waals surface area contributed by atoms with E-state index >= 15 is 0 Å². The third-order valence-electron chi connectivity index (χ3n) is 4.72. The number of nitriles is 1. The molecule has 3 aromatic rings. The van der Waals surface area contributed by atoms with Crippen LogP contribution < -0.4 is 10.6 Å². The Kier molecular flexibility index (Phi) is 6.56. The monoisotopic (exact) mass is 398 g/mol. The number of benzene rings is 2. The van der Waals surface area contributed by atoms with E-state index in [0.29, 0.717) is 11.3 Å². The first-order chi connectivity index (χ1) is 14.5. The summed E-state index contributed by atoms with van der Waals surface area (Å²) in [4.78, 5) is 29.6. The zero-order chi connectivity index (χ0) is 21.5. The molecule has 0 bridgehead atoms. The Morgan fingerprint density at radius 3 is 1.90 bits per heavy atom. The molecule has 150 valence electrons. The van der Waals surface area contributed by atoms with Crippen LogP contribution in [0.25, 0.3) is 0 Å². The van der Waals surface area contributed by atoms with Gasteiger partial charge in [-0.15, -0.1) is 0 Å². The fraction of sp³-hybridized carbons (Fsp3) is 0.167. The SMILES string of the molecule is CCc1cccc(CC)c1NC(=O)c1cccc(C(=O)Nc2ccc(C#N)cc2)n1. The second kappa shape index (κ2) is 9.48. The van der Waals surface area contributed by atoms with Gasteiger partial charge in [0.05, 0.1) is 11.6 Å². The maximum atomic E-state index is 12.8. The van der Waals surface area contributed by atoms with Crippen LogP contribution in [-0.4, -0.2) is 16.8 Å². The van der Waals surface area contributed by atoms with Crippen LogP contribution in [0.15, 0.2) is 60.7 Å². The van der Waals surface area contributed by atoms with E-state index in [4.69, 9.17) is 5.26 Å². The number of hydrogen-bond acceptors (Lipinski definition) is 4. The smallest absolute Gasteiger partial charge is 0.274 e. The summed E-state index contributed by atoms with van der Waals surface area (Å²) in [7, 11) is 0. The molecule has 0 radical (unpaired) electrons. The molecule has 6 heteroatoms. The van der Waals surface area contributed by atoms with E-state index in [2.05, 4.69) is 15.6 Å². The van der Waals surface area contributed by atoms with Gasteiger partial charge in [-0.1, -0.05) is 38.1 Å². The van der Waals surface area contributed by atoms with Crippen LogP contribution in [0.4, 0.5) is 11.4 Å². The number of anilines is 2. The molecule has 3 rings (SSSR count). The van der Waals surface area contributed by atoms with Crippen LogP contribution in [0.1, 0.15) is 51.5 Å². The summed E-state index contributed by atoms with van der Waals surface area (Å²) in [5.74, 6) is -0.795. The van der Waals surface area contributed by atoms with Gasteiger partial charge in [0, 0.05) is 11.4 Å². The molecule has 0 fully saturated rings. The van der Waals surface area contributed by atoms with Crippen LogP contribution >= 0.6 is 0 Å². The van der Waals surface area contributed by atoms with E-state index in [-0.39, 0.29) is 17.3 Å². The first-order valence-electron chi connectivity index (χ1n) is 9.76. The molecular weight excluding hydrogens is 376 g/mol. The topological polar surface area (TPSA) is 94.9 Å². The molecule has 0 aliphatic carbocycles. The van der Waals surface area contributed by atoms with Crippen LogP contribution in [0.3, 0.4) is 0 Å². The Bertz CT molecular complexity index is 1090. The zero-order valence-corrected chi connectivity index (χ0v) is 16.9. The number of carbonyl (C=O) groups excluding carboxylic acids is 2. The zero-order valence-electron chi connectivity index (χ0n) is 16.9. The number of nitrogens with one attached hydrogen (secondary N) is 2. The van der Waals surface area contributed by atoms with E-state index in [9.17, 15) is 9.59 Å². The fourth-order valence-corrected chi connectivity index (χ4v) is 3.09. The molecule has 1 aromatic heterocycles. The molecule has 0 aliphatic rings. The van der Waals surface area contributed by atoms with Crippen molar-refractivity contribution in [1.29, 1.82) is 5.26 Å². The predicted molar refractivity (Wildman–Crippen MR) is 116 cm³/mol. The number of aromatic nitrogens is 1. The van der Waals surface area contributed by atoms with Crippen molar-refractivity contribution in [3.05, 3.63) is 88.7 Å². The molecule has 1 heterocycles. The molecule has 2 aromatic carbocycles. The van der Waals surface area contributed by atoms with E-state index in [1.165, 1.54) is 0 Å². The number of para-hydroxylation sites is 1. The van der Waals surface area contributed by atoms with Crippen LogP contribution in [0.2, 0.25) is 0 Å². The molecule has 2 amide bonds. The number of hydrogen-bond donors (Lipinski definition) is 2. The minimum Gasteiger partial charge on any atom is -0.321 e. The fourth-order valence-electron chi connectivity index (χ4n) is 3.09. The molecule has 0 atom stereocenters. The minimum absolute atomic E-state index is 0.131. The highest BCUT2D eigenvalue weighted by Crippen LogP contribution is 2.23. The highest BCUT2D eigenvalue weighted by atomic mass is 16.2. The highest BCUT2D eigenvalue weighted by Gasteiger charge is 2.15. The van der Waals surface area contributed by atoms with Gasteiger partial charge in [0.15, 0.2) is 0 Å². The largest absolute Gasteiger partial charge is 0.321 e. The first-order valence-corrected chi connectivity index (χ1v) is 9.76. The van der Waals surface area contributed by atoms with Crippen molar-refractivity contribution >= 4 is 23.2 Å². The Balaban J connectivity index is 1.79. The van der Waals surface area contributed by atoms with Crippen molar-refractivity contribution in [2.75, 3.05) is 10.6 Å². The van der Waals surface area contributed by atoms with E-state index in [1.54, 1.807) is 42.5 Å². The summed E-state index contributed by atoms with van der Waals surface area (Å²) in [6, 6.07) is 19.3. The van der Waals surface area contributed by atoms with Gasteiger partial charge in [0.25, 0.3) is 11.8 Å². The summed E-state index contributed by atoms with van der Waals surface area (Å²) in [5, 5.41) is 14.5. The van der Waals surface area contributed by atoms with Crippen molar-refractivity contribution in [1.82, 2.24) is 4.98 Å². The van der Waals surface area contributed by atoms with Crippen LogP contribution in [-0.2, 0) is 12.8 Å². The molecule has 0 saturated carbocycles. The molecule has 6 nitrogen and oxygen atoms in total. The molecule has 0 aliphatic heterocycles. The molecule has 0 spiro atoms. The van der Waals surface area contributed by atoms with Gasteiger partial charge < -0.3 is 10.6 Å². The number of aryl methyl sites for hydroxylation is 2. The minimum atomic E-state index is -0.433. The lowest BCUT2D eigenvalue weighted by Gasteiger charge is -2.14. The lowest BCUT2D eigenvalue weighted by atomic mass is 10.0. The van der Waals surface area contributed by atoms with Gasteiger partial charge in [-0.2, -0.15) is 5.26 Å². The quantitative estimate of drug-likeness (QED) is 0.635.